The van der Waals surface area contributed by atoms with Crippen molar-refractivity contribution < 1.29 is 18.3 Å². The van der Waals surface area contributed by atoms with Crippen molar-refractivity contribution in [2.45, 2.75) is 6.18 Å². The van der Waals surface area contributed by atoms with E-state index in [4.69, 9.17) is 23.1 Å². The summed E-state index contributed by atoms with van der Waals surface area (Å²) in [6.45, 7) is -1.64. The Labute approximate surface area is 122 Å². The number of nitrogens with two attached hydrogens (primary N) is 1. The fourth-order valence-corrected chi connectivity index (χ4v) is 2.29. The summed E-state index contributed by atoms with van der Waals surface area (Å²) in [4.78, 5) is 1.20. The van der Waals surface area contributed by atoms with E-state index in [1.54, 1.807) is 12.1 Å². The van der Waals surface area contributed by atoms with Gasteiger partial charge in [-0.15, -0.1) is 0 Å². The monoisotopic (exact) mass is 356 g/mol. The SMILES string of the molecule is NC(=S)c1ccc(N(CCO)CC(F)(F)F)c(Br)c1. The third-order valence-corrected chi connectivity index (χ3v) is 3.18. The van der Waals surface area contributed by atoms with E-state index in [-0.39, 0.29) is 18.1 Å². The Morgan fingerprint density at radius 3 is 2.47 bits per heavy atom. The van der Waals surface area contributed by atoms with Gasteiger partial charge in [-0.3, -0.25) is 0 Å². The van der Waals surface area contributed by atoms with Crippen molar-refractivity contribution >= 4 is 38.8 Å². The second-order valence-corrected chi connectivity index (χ2v) is 5.08. The third kappa shape index (κ3) is 4.96. The molecule has 0 unspecified atom stereocenters. The number of nitrogens with zero attached hydrogens (tertiary/aromatic N) is 1. The molecular weight excluding hydrogens is 345 g/mol. The Morgan fingerprint density at radius 1 is 1.42 bits per heavy atom. The molecule has 0 aliphatic carbocycles. The van der Waals surface area contributed by atoms with E-state index in [1.165, 1.54) is 6.07 Å². The van der Waals surface area contributed by atoms with Crippen LogP contribution in [-0.2, 0) is 0 Å². The van der Waals surface area contributed by atoms with Crippen LogP contribution < -0.4 is 10.6 Å². The van der Waals surface area contributed by atoms with Crippen LogP contribution in [0.1, 0.15) is 5.56 Å². The fraction of sp³-hybridized carbons (Fsp3) is 0.364. The molecule has 0 bridgehead atoms. The van der Waals surface area contributed by atoms with Crippen LogP contribution in [0.25, 0.3) is 0 Å². The van der Waals surface area contributed by atoms with Crippen molar-refractivity contribution in [1.29, 1.82) is 0 Å². The summed E-state index contributed by atoms with van der Waals surface area (Å²) in [5, 5.41) is 8.86. The number of aliphatic hydroxyl groups is 1. The average molecular weight is 357 g/mol. The minimum Gasteiger partial charge on any atom is -0.395 e. The molecule has 0 amide bonds. The molecule has 0 saturated carbocycles. The smallest absolute Gasteiger partial charge is 0.395 e. The summed E-state index contributed by atoms with van der Waals surface area (Å²) in [7, 11) is 0. The largest absolute Gasteiger partial charge is 0.405 e. The minimum atomic E-state index is -4.35. The lowest BCUT2D eigenvalue weighted by molar-refractivity contribution is -0.119. The first-order chi connectivity index (χ1) is 8.74. The van der Waals surface area contributed by atoms with Crippen molar-refractivity contribution in [3.05, 3.63) is 28.2 Å². The summed E-state index contributed by atoms with van der Waals surface area (Å²) in [5.74, 6) is 0. The summed E-state index contributed by atoms with van der Waals surface area (Å²) >= 11 is 7.98. The molecule has 8 heteroatoms. The molecule has 1 aromatic rings. The molecule has 3 N–H and O–H groups in total. The van der Waals surface area contributed by atoms with Gasteiger partial charge in [0.25, 0.3) is 0 Å². The topological polar surface area (TPSA) is 49.5 Å². The lowest BCUT2D eigenvalue weighted by Crippen LogP contribution is -2.36. The number of hydrogen-bond acceptors (Lipinski definition) is 3. The van der Waals surface area contributed by atoms with Crippen LogP contribution in [0.4, 0.5) is 18.9 Å². The number of thiocarbonyl (C=S) groups is 1. The van der Waals surface area contributed by atoms with E-state index in [9.17, 15) is 13.2 Å². The van der Waals surface area contributed by atoms with Gasteiger partial charge in [0.15, 0.2) is 0 Å². The highest BCUT2D eigenvalue weighted by molar-refractivity contribution is 9.10. The molecule has 0 aliphatic heterocycles. The first kappa shape index (κ1) is 16.2. The number of halogens is 4. The molecule has 106 valence electrons. The van der Waals surface area contributed by atoms with Gasteiger partial charge >= 0.3 is 6.18 Å². The lowest BCUT2D eigenvalue weighted by Gasteiger charge is -2.26. The zero-order valence-electron chi connectivity index (χ0n) is 9.75. The highest BCUT2D eigenvalue weighted by Gasteiger charge is 2.31. The van der Waals surface area contributed by atoms with E-state index in [0.717, 1.165) is 4.90 Å². The van der Waals surface area contributed by atoms with E-state index in [1.807, 2.05) is 0 Å². The number of rotatable bonds is 5. The summed E-state index contributed by atoms with van der Waals surface area (Å²) in [5.41, 5.74) is 6.33. The molecule has 0 radical (unpaired) electrons. The number of benzene rings is 1. The second-order valence-electron chi connectivity index (χ2n) is 3.79. The normalized spacial score (nSPS) is 11.4. The van der Waals surface area contributed by atoms with Crippen LogP contribution in [0.15, 0.2) is 22.7 Å². The van der Waals surface area contributed by atoms with Crippen LogP contribution in [-0.4, -0.2) is 36.0 Å². The first-order valence-electron chi connectivity index (χ1n) is 5.26. The third-order valence-electron chi connectivity index (χ3n) is 2.31. The summed E-state index contributed by atoms with van der Waals surface area (Å²) < 4.78 is 37.9. The fourth-order valence-electron chi connectivity index (χ4n) is 1.54. The minimum absolute atomic E-state index is 0.121. The molecule has 19 heavy (non-hydrogen) atoms. The van der Waals surface area contributed by atoms with E-state index in [0.29, 0.717) is 15.7 Å². The predicted molar refractivity (Wildman–Crippen MR) is 75.4 cm³/mol. The number of aliphatic hydroxyl groups excluding tert-OH is 1. The van der Waals surface area contributed by atoms with Gasteiger partial charge < -0.3 is 15.7 Å². The van der Waals surface area contributed by atoms with Crippen molar-refractivity contribution in [3.8, 4) is 0 Å². The van der Waals surface area contributed by atoms with E-state index in [2.05, 4.69) is 15.9 Å². The molecule has 3 nitrogen and oxygen atoms in total. The zero-order valence-corrected chi connectivity index (χ0v) is 12.1. The van der Waals surface area contributed by atoms with Gasteiger partial charge in [-0.1, -0.05) is 12.2 Å². The number of alkyl halides is 3. The highest BCUT2D eigenvalue weighted by atomic mass is 79.9. The maximum Gasteiger partial charge on any atom is 0.405 e. The van der Waals surface area contributed by atoms with Gasteiger partial charge in [-0.25, -0.2) is 0 Å². The molecule has 0 aromatic heterocycles. The van der Waals surface area contributed by atoms with E-state index < -0.39 is 12.7 Å². The van der Waals surface area contributed by atoms with Gasteiger partial charge in [0.2, 0.25) is 0 Å². The van der Waals surface area contributed by atoms with Gasteiger partial charge in [0.1, 0.15) is 11.5 Å². The van der Waals surface area contributed by atoms with Crippen molar-refractivity contribution in [2.75, 3.05) is 24.6 Å². The Bertz CT molecular complexity index is 468. The molecule has 0 saturated heterocycles. The van der Waals surface area contributed by atoms with Gasteiger partial charge in [0, 0.05) is 16.6 Å². The molecule has 0 aliphatic rings. The second kappa shape index (κ2) is 6.53. The maximum absolute atomic E-state index is 12.5. The molecule has 0 spiro atoms. The lowest BCUT2D eigenvalue weighted by atomic mass is 10.2. The van der Waals surface area contributed by atoms with Crippen LogP contribution in [0.3, 0.4) is 0 Å². The van der Waals surface area contributed by atoms with Gasteiger partial charge in [0.05, 0.1) is 12.3 Å². The Hall–Kier alpha value is -0.860. The predicted octanol–water partition coefficient (Wildman–Crippen LogP) is 2.44. The van der Waals surface area contributed by atoms with Crippen molar-refractivity contribution in [2.24, 2.45) is 5.73 Å². The van der Waals surface area contributed by atoms with Gasteiger partial charge in [-0.05, 0) is 34.1 Å². The molecule has 0 atom stereocenters. The number of anilines is 1. The molecular formula is C11H12BrF3N2OS. The molecule has 0 heterocycles. The Kier molecular flexibility index (Phi) is 5.57. The Balaban J connectivity index is 3.06. The highest BCUT2D eigenvalue weighted by Crippen LogP contribution is 2.29. The average Bonchev–Trinajstić information content (AvgIpc) is 2.26. The van der Waals surface area contributed by atoms with Gasteiger partial charge in [-0.2, -0.15) is 13.2 Å². The summed E-state index contributed by atoms with van der Waals surface area (Å²) in [6.07, 6.45) is -4.35. The first-order valence-corrected chi connectivity index (χ1v) is 6.46. The quantitative estimate of drug-likeness (QED) is 0.795. The summed E-state index contributed by atoms with van der Waals surface area (Å²) in [6, 6.07) is 4.58. The van der Waals surface area contributed by atoms with Crippen LogP contribution in [0, 0.1) is 0 Å². The molecule has 1 rings (SSSR count). The van der Waals surface area contributed by atoms with Crippen LogP contribution in [0.2, 0.25) is 0 Å². The molecule has 1 aromatic carbocycles. The van der Waals surface area contributed by atoms with Crippen LogP contribution >= 0.6 is 28.1 Å². The van der Waals surface area contributed by atoms with Crippen molar-refractivity contribution in [1.82, 2.24) is 0 Å². The molecule has 0 fully saturated rings. The number of hydrogen-bond donors (Lipinski definition) is 2. The standard InChI is InChI=1S/C11H12BrF3N2OS/c12-8-5-7(10(16)19)1-2-9(8)17(3-4-18)6-11(13,14)15/h1-2,5,18H,3-4,6H2,(H2,16,19). The van der Waals surface area contributed by atoms with E-state index >= 15 is 0 Å². The van der Waals surface area contributed by atoms with Crippen molar-refractivity contribution in [3.63, 3.8) is 0 Å². The van der Waals surface area contributed by atoms with Crippen LogP contribution in [0.5, 0.6) is 0 Å². The Morgan fingerprint density at radius 2 is 2.05 bits per heavy atom. The zero-order chi connectivity index (χ0) is 14.6. The maximum atomic E-state index is 12.5.